The second-order valence-electron chi connectivity index (χ2n) is 8.59. The molecular weight excluding hydrogens is 450 g/mol. The van der Waals surface area contributed by atoms with Crippen LogP contribution in [0.1, 0.15) is 65.9 Å². The molecule has 3 aromatic heterocycles. The van der Waals surface area contributed by atoms with Crippen LogP contribution in [-0.2, 0) is 17.6 Å². The Morgan fingerprint density at radius 1 is 1.15 bits per heavy atom. The summed E-state index contributed by atoms with van der Waals surface area (Å²) >= 11 is 3.27. The lowest BCUT2D eigenvalue weighted by atomic mass is 9.95. The zero-order chi connectivity index (χ0) is 22.9. The molecule has 1 aromatic carbocycles. The van der Waals surface area contributed by atoms with Crippen LogP contribution in [0, 0.1) is 0 Å². The first-order valence-electron chi connectivity index (χ1n) is 11.5. The molecule has 1 aliphatic carbocycles. The topological polar surface area (TPSA) is 64.1 Å². The summed E-state index contributed by atoms with van der Waals surface area (Å²) in [5.41, 5.74) is 5.39. The maximum Gasteiger partial charge on any atom is 0.341 e. The summed E-state index contributed by atoms with van der Waals surface area (Å²) in [6, 6.07) is 8.71. The van der Waals surface area contributed by atoms with Crippen LogP contribution in [0.2, 0.25) is 0 Å². The number of thiophene rings is 2. The van der Waals surface area contributed by atoms with Crippen molar-refractivity contribution in [3.05, 3.63) is 57.5 Å². The minimum absolute atomic E-state index is 0.250. The van der Waals surface area contributed by atoms with Gasteiger partial charge in [0.05, 0.1) is 17.6 Å². The van der Waals surface area contributed by atoms with E-state index >= 15 is 0 Å². The third kappa shape index (κ3) is 4.15. The van der Waals surface area contributed by atoms with Crippen molar-refractivity contribution in [2.24, 2.45) is 0 Å². The van der Waals surface area contributed by atoms with Gasteiger partial charge in [-0.05, 0) is 55.2 Å². The third-order valence-electron chi connectivity index (χ3n) is 6.14. The molecule has 0 bridgehead atoms. The highest BCUT2D eigenvalue weighted by atomic mass is 32.1. The molecule has 5 rings (SSSR count). The molecule has 0 saturated carbocycles. The summed E-state index contributed by atoms with van der Waals surface area (Å²) < 4.78 is 5.42. The Balaban J connectivity index is 1.59. The van der Waals surface area contributed by atoms with E-state index in [1.54, 1.807) is 29.0 Å². The first kappa shape index (κ1) is 22.0. The number of hydrogen-bond donors (Lipinski definition) is 1. The fourth-order valence-electron chi connectivity index (χ4n) is 4.41. The molecule has 0 atom stereocenters. The van der Waals surface area contributed by atoms with Crippen molar-refractivity contribution in [2.45, 2.75) is 52.4 Å². The highest BCUT2D eigenvalue weighted by Gasteiger charge is 2.27. The molecular formula is C26H27N3O2S2. The Morgan fingerprint density at radius 2 is 1.94 bits per heavy atom. The summed E-state index contributed by atoms with van der Waals surface area (Å²) in [5, 5.41) is 7.46. The van der Waals surface area contributed by atoms with Gasteiger partial charge in [-0.25, -0.2) is 14.8 Å². The summed E-state index contributed by atoms with van der Waals surface area (Å²) in [6.07, 6.45) is 5.79. The number of benzene rings is 1. The monoisotopic (exact) mass is 477 g/mol. The molecule has 0 amide bonds. The molecule has 0 aliphatic heterocycles. The van der Waals surface area contributed by atoms with Gasteiger partial charge >= 0.3 is 5.97 Å². The second kappa shape index (κ2) is 9.23. The van der Waals surface area contributed by atoms with Crippen LogP contribution >= 0.6 is 22.7 Å². The van der Waals surface area contributed by atoms with E-state index in [4.69, 9.17) is 4.74 Å². The number of carbonyl (C=O) groups is 1. The molecule has 0 spiro atoms. The predicted molar refractivity (Wildman–Crippen MR) is 137 cm³/mol. The van der Waals surface area contributed by atoms with Crippen molar-refractivity contribution in [2.75, 3.05) is 11.9 Å². The minimum atomic E-state index is -0.250. The number of fused-ring (bicyclic) bond motifs is 2. The molecule has 170 valence electrons. The first-order chi connectivity index (χ1) is 16.1. The maximum atomic E-state index is 12.9. The molecule has 4 aromatic rings. The second-order valence-corrected chi connectivity index (χ2v) is 10.6. The standard InChI is InChI=1S/C26H27N3O2S2/c1-4-31-26(30)22-18-7-5-6-8-20(18)33-25(22)29-23-21-19(13-32-24(21)28-14-27-23)17-11-9-16(10-12-17)15(2)3/h9-15H,4-8H2,1-3H3,(H,27,28,29). The molecule has 33 heavy (non-hydrogen) atoms. The van der Waals surface area contributed by atoms with Crippen molar-refractivity contribution in [1.82, 2.24) is 9.97 Å². The Morgan fingerprint density at radius 3 is 2.70 bits per heavy atom. The number of nitrogens with zero attached hydrogens (tertiary/aromatic N) is 2. The van der Waals surface area contributed by atoms with Crippen LogP contribution in [0.4, 0.5) is 10.8 Å². The Bertz CT molecular complexity index is 1310. The summed E-state index contributed by atoms with van der Waals surface area (Å²) in [7, 11) is 0. The SMILES string of the molecule is CCOC(=O)c1c(Nc2ncnc3scc(-c4ccc(C(C)C)cc4)c23)sc2c1CCCC2. The van der Waals surface area contributed by atoms with Crippen molar-refractivity contribution < 1.29 is 9.53 Å². The van der Waals surface area contributed by atoms with Crippen molar-refractivity contribution >= 4 is 49.7 Å². The van der Waals surface area contributed by atoms with Crippen molar-refractivity contribution in [3.8, 4) is 11.1 Å². The van der Waals surface area contributed by atoms with Gasteiger partial charge in [0.25, 0.3) is 0 Å². The highest BCUT2D eigenvalue weighted by Crippen LogP contribution is 2.42. The van der Waals surface area contributed by atoms with Gasteiger partial charge in [-0.2, -0.15) is 0 Å². The molecule has 0 radical (unpaired) electrons. The van der Waals surface area contributed by atoms with E-state index in [0.29, 0.717) is 18.1 Å². The molecule has 5 nitrogen and oxygen atoms in total. The smallest absolute Gasteiger partial charge is 0.341 e. The lowest BCUT2D eigenvalue weighted by molar-refractivity contribution is 0.0526. The fourth-order valence-corrected chi connectivity index (χ4v) is 6.60. The molecule has 0 saturated heterocycles. The number of ether oxygens (including phenoxy) is 1. The zero-order valence-corrected chi connectivity index (χ0v) is 20.7. The van der Waals surface area contributed by atoms with Gasteiger partial charge in [0, 0.05) is 15.8 Å². The minimum Gasteiger partial charge on any atom is -0.462 e. The normalized spacial score (nSPS) is 13.3. The highest BCUT2D eigenvalue weighted by molar-refractivity contribution is 7.17. The van der Waals surface area contributed by atoms with Gasteiger partial charge in [0.15, 0.2) is 0 Å². The average Bonchev–Trinajstić information content (AvgIpc) is 3.41. The number of hydrogen-bond acceptors (Lipinski definition) is 7. The summed E-state index contributed by atoms with van der Waals surface area (Å²) in [6.45, 7) is 6.61. The summed E-state index contributed by atoms with van der Waals surface area (Å²) in [5.74, 6) is 0.970. The number of rotatable bonds is 6. The third-order valence-corrected chi connectivity index (χ3v) is 8.23. The molecule has 1 aliphatic rings. The van der Waals surface area contributed by atoms with Gasteiger partial charge < -0.3 is 10.1 Å². The Labute approximate surface area is 201 Å². The lowest BCUT2D eigenvalue weighted by Crippen LogP contribution is -2.11. The van der Waals surface area contributed by atoms with E-state index in [1.165, 1.54) is 10.4 Å². The van der Waals surface area contributed by atoms with E-state index in [-0.39, 0.29) is 5.97 Å². The van der Waals surface area contributed by atoms with Gasteiger partial charge in [-0.15, -0.1) is 22.7 Å². The van der Waals surface area contributed by atoms with Gasteiger partial charge in [-0.3, -0.25) is 0 Å². The van der Waals surface area contributed by atoms with E-state index in [9.17, 15) is 4.79 Å². The number of anilines is 2. The quantitative estimate of drug-likeness (QED) is 0.294. The maximum absolute atomic E-state index is 12.9. The van der Waals surface area contributed by atoms with Crippen LogP contribution in [0.3, 0.4) is 0 Å². The largest absolute Gasteiger partial charge is 0.462 e. The van der Waals surface area contributed by atoms with E-state index < -0.39 is 0 Å². The van der Waals surface area contributed by atoms with Gasteiger partial charge in [-0.1, -0.05) is 38.1 Å². The number of aryl methyl sites for hydroxylation is 1. The average molecular weight is 478 g/mol. The Kier molecular flexibility index (Phi) is 6.17. The van der Waals surface area contributed by atoms with Crippen LogP contribution < -0.4 is 5.32 Å². The summed E-state index contributed by atoms with van der Waals surface area (Å²) in [4.78, 5) is 24.2. The van der Waals surface area contributed by atoms with E-state index in [0.717, 1.165) is 63.4 Å². The molecule has 0 unspecified atom stereocenters. The molecule has 0 fully saturated rings. The van der Waals surface area contributed by atoms with E-state index in [1.807, 2.05) is 6.92 Å². The number of nitrogens with one attached hydrogen (secondary N) is 1. The van der Waals surface area contributed by atoms with Crippen molar-refractivity contribution in [3.63, 3.8) is 0 Å². The lowest BCUT2D eigenvalue weighted by Gasteiger charge is -2.13. The zero-order valence-electron chi connectivity index (χ0n) is 19.1. The number of aromatic nitrogens is 2. The fraction of sp³-hybridized carbons (Fsp3) is 0.346. The van der Waals surface area contributed by atoms with Crippen LogP contribution in [-0.4, -0.2) is 22.5 Å². The van der Waals surface area contributed by atoms with Crippen LogP contribution in [0.15, 0.2) is 36.0 Å². The molecule has 7 heteroatoms. The van der Waals surface area contributed by atoms with Crippen LogP contribution in [0.25, 0.3) is 21.3 Å². The number of esters is 1. The van der Waals surface area contributed by atoms with E-state index in [2.05, 4.69) is 58.8 Å². The first-order valence-corrected chi connectivity index (χ1v) is 13.2. The van der Waals surface area contributed by atoms with Crippen molar-refractivity contribution in [1.29, 1.82) is 0 Å². The van der Waals surface area contributed by atoms with Gasteiger partial charge in [0.1, 0.15) is 22.0 Å². The molecule has 3 heterocycles. The predicted octanol–water partition coefficient (Wildman–Crippen LogP) is 7.34. The number of carbonyl (C=O) groups excluding carboxylic acids is 1. The van der Waals surface area contributed by atoms with Gasteiger partial charge in [0.2, 0.25) is 0 Å². The Hall–Kier alpha value is -2.77. The van der Waals surface area contributed by atoms with Crippen LogP contribution in [0.5, 0.6) is 0 Å². The molecule has 1 N–H and O–H groups in total.